The Labute approximate surface area is 80.7 Å². The number of hydrogen-bond acceptors (Lipinski definition) is 2. The molecule has 1 saturated carbocycles. The molecule has 1 aliphatic carbocycles. The van der Waals surface area contributed by atoms with Crippen LogP contribution in [-0.4, -0.2) is 18.5 Å². The molecule has 0 aromatic heterocycles. The van der Waals surface area contributed by atoms with Gasteiger partial charge in [0, 0.05) is 12.5 Å². The number of ketones is 1. The maximum Gasteiger partial charge on any atom is 0.164 e. The molecule has 1 aliphatic rings. The summed E-state index contributed by atoms with van der Waals surface area (Å²) in [5.74, 6) is 1.01. The quantitative estimate of drug-likeness (QED) is 0.633. The summed E-state index contributed by atoms with van der Waals surface area (Å²) < 4.78 is 5.50. The lowest BCUT2D eigenvalue weighted by Gasteiger charge is -2.18. The normalized spacial score (nSPS) is 21.2. The van der Waals surface area contributed by atoms with Crippen molar-refractivity contribution in [2.75, 3.05) is 6.61 Å². The van der Waals surface area contributed by atoms with Gasteiger partial charge in [-0.3, -0.25) is 4.79 Å². The van der Waals surface area contributed by atoms with Crippen LogP contribution in [0.25, 0.3) is 0 Å². The molecule has 13 heavy (non-hydrogen) atoms. The lowest BCUT2D eigenvalue weighted by Crippen LogP contribution is -2.31. The third-order valence-corrected chi connectivity index (χ3v) is 2.77. The van der Waals surface area contributed by atoms with Gasteiger partial charge in [-0.2, -0.15) is 0 Å². The Morgan fingerprint density at radius 1 is 1.46 bits per heavy atom. The molecule has 2 unspecified atom stereocenters. The van der Waals surface area contributed by atoms with Crippen molar-refractivity contribution in [2.24, 2.45) is 11.8 Å². The molecular weight excluding hydrogens is 164 g/mol. The van der Waals surface area contributed by atoms with Gasteiger partial charge in [-0.1, -0.05) is 13.8 Å². The number of carbonyl (C=O) groups excluding carboxylic acids is 1. The fourth-order valence-electron chi connectivity index (χ4n) is 1.51. The number of carbonyl (C=O) groups is 1. The van der Waals surface area contributed by atoms with Crippen LogP contribution in [0.2, 0.25) is 0 Å². The van der Waals surface area contributed by atoms with E-state index in [4.69, 9.17) is 4.74 Å². The van der Waals surface area contributed by atoms with E-state index in [1.54, 1.807) is 0 Å². The highest BCUT2D eigenvalue weighted by Gasteiger charge is 2.37. The minimum Gasteiger partial charge on any atom is -0.370 e. The summed E-state index contributed by atoms with van der Waals surface area (Å²) in [6.07, 6.45) is 3.18. The van der Waals surface area contributed by atoms with E-state index in [9.17, 15) is 4.79 Å². The van der Waals surface area contributed by atoms with Crippen LogP contribution in [0.4, 0.5) is 0 Å². The van der Waals surface area contributed by atoms with Gasteiger partial charge in [0.2, 0.25) is 0 Å². The molecule has 0 aromatic carbocycles. The molecule has 0 saturated heterocycles. The number of ether oxygens (including phenoxy) is 1. The molecular formula is C11H20O2. The van der Waals surface area contributed by atoms with Crippen LogP contribution in [-0.2, 0) is 9.53 Å². The molecule has 76 valence electrons. The fourth-order valence-corrected chi connectivity index (χ4v) is 1.51. The topological polar surface area (TPSA) is 26.3 Å². The van der Waals surface area contributed by atoms with Crippen LogP contribution in [0.1, 0.15) is 40.0 Å². The van der Waals surface area contributed by atoms with Gasteiger partial charge in [0.25, 0.3) is 0 Å². The third-order valence-electron chi connectivity index (χ3n) is 2.77. The van der Waals surface area contributed by atoms with Crippen LogP contribution in [0.15, 0.2) is 0 Å². The Hall–Kier alpha value is -0.370. The van der Waals surface area contributed by atoms with Crippen LogP contribution in [0, 0.1) is 11.8 Å². The van der Waals surface area contributed by atoms with Crippen molar-refractivity contribution in [3.05, 3.63) is 0 Å². The van der Waals surface area contributed by atoms with Gasteiger partial charge in [-0.25, -0.2) is 0 Å². The highest BCUT2D eigenvalue weighted by Crippen LogP contribution is 2.36. The van der Waals surface area contributed by atoms with Gasteiger partial charge in [-0.15, -0.1) is 0 Å². The number of rotatable bonds is 6. The van der Waals surface area contributed by atoms with E-state index in [0.29, 0.717) is 18.3 Å². The molecule has 0 aliphatic heterocycles. The van der Waals surface area contributed by atoms with Crippen molar-refractivity contribution in [3.8, 4) is 0 Å². The first-order chi connectivity index (χ1) is 6.20. The Balaban J connectivity index is 2.47. The zero-order valence-electron chi connectivity index (χ0n) is 8.88. The molecule has 0 aromatic rings. The molecule has 0 heterocycles. The predicted octanol–water partition coefficient (Wildman–Crippen LogP) is 2.42. The van der Waals surface area contributed by atoms with Crippen molar-refractivity contribution in [2.45, 2.75) is 46.1 Å². The first-order valence-corrected chi connectivity index (χ1v) is 5.36. The van der Waals surface area contributed by atoms with Crippen molar-refractivity contribution >= 4 is 5.78 Å². The van der Waals surface area contributed by atoms with E-state index in [1.807, 2.05) is 13.8 Å². The highest BCUT2D eigenvalue weighted by molar-refractivity contribution is 5.85. The Morgan fingerprint density at radius 3 is 2.46 bits per heavy atom. The van der Waals surface area contributed by atoms with Crippen molar-refractivity contribution in [1.82, 2.24) is 0 Å². The zero-order valence-corrected chi connectivity index (χ0v) is 8.88. The first-order valence-electron chi connectivity index (χ1n) is 5.36. The lowest BCUT2D eigenvalue weighted by molar-refractivity contribution is -0.135. The average Bonchev–Trinajstić information content (AvgIpc) is 2.95. The standard InChI is InChI=1S/C11H20O2/c1-4-8(3)10(12)11(13-5-2)9-6-7-9/h8-9,11H,4-7H2,1-3H3. The molecule has 2 heteroatoms. The van der Waals surface area contributed by atoms with Gasteiger partial charge in [-0.05, 0) is 32.1 Å². The van der Waals surface area contributed by atoms with Gasteiger partial charge < -0.3 is 4.74 Å². The monoisotopic (exact) mass is 184 g/mol. The summed E-state index contributed by atoms with van der Waals surface area (Å²) in [7, 11) is 0. The highest BCUT2D eigenvalue weighted by atomic mass is 16.5. The van der Waals surface area contributed by atoms with Crippen LogP contribution in [0.3, 0.4) is 0 Å². The first kappa shape index (κ1) is 10.7. The van der Waals surface area contributed by atoms with Crippen LogP contribution >= 0.6 is 0 Å². The SMILES string of the molecule is CCOC(C(=O)C(C)CC)C1CC1. The molecule has 2 atom stereocenters. The second-order valence-electron chi connectivity index (χ2n) is 3.93. The second kappa shape index (κ2) is 4.75. The predicted molar refractivity (Wildman–Crippen MR) is 52.6 cm³/mol. The van der Waals surface area contributed by atoms with E-state index in [2.05, 4.69) is 6.92 Å². The molecule has 0 radical (unpaired) electrons. The van der Waals surface area contributed by atoms with Crippen LogP contribution in [0.5, 0.6) is 0 Å². The zero-order chi connectivity index (χ0) is 9.84. The largest absolute Gasteiger partial charge is 0.370 e. The summed E-state index contributed by atoms with van der Waals surface area (Å²) in [5, 5.41) is 0. The Bertz CT molecular complexity index is 173. The maximum absolute atomic E-state index is 11.8. The Morgan fingerprint density at radius 2 is 2.08 bits per heavy atom. The molecule has 1 rings (SSSR count). The maximum atomic E-state index is 11.8. The molecule has 0 spiro atoms. The van der Waals surface area contributed by atoms with E-state index in [0.717, 1.165) is 6.42 Å². The summed E-state index contributed by atoms with van der Waals surface area (Å²) in [5.41, 5.74) is 0. The van der Waals surface area contributed by atoms with Gasteiger partial charge in [0.15, 0.2) is 5.78 Å². The Kier molecular flexibility index (Phi) is 3.91. The van der Waals surface area contributed by atoms with Gasteiger partial charge in [0.05, 0.1) is 0 Å². The van der Waals surface area contributed by atoms with E-state index in [1.165, 1.54) is 12.8 Å². The lowest BCUT2D eigenvalue weighted by atomic mass is 9.96. The second-order valence-corrected chi connectivity index (χ2v) is 3.93. The van der Waals surface area contributed by atoms with Crippen molar-refractivity contribution in [1.29, 1.82) is 0 Å². The molecule has 0 N–H and O–H groups in total. The van der Waals surface area contributed by atoms with Crippen molar-refractivity contribution in [3.63, 3.8) is 0 Å². The van der Waals surface area contributed by atoms with E-state index in [-0.39, 0.29) is 12.0 Å². The third kappa shape index (κ3) is 2.80. The van der Waals surface area contributed by atoms with E-state index < -0.39 is 0 Å². The summed E-state index contributed by atoms with van der Waals surface area (Å²) in [6, 6.07) is 0. The van der Waals surface area contributed by atoms with Crippen molar-refractivity contribution < 1.29 is 9.53 Å². The molecule has 0 bridgehead atoms. The summed E-state index contributed by atoms with van der Waals surface area (Å²) >= 11 is 0. The number of Topliss-reactive ketones (excluding diaryl/α,β-unsaturated/α-hetero) is 1. The molecule has 0 amide bonds. The van der Waals surface area contributed by atoms with Gasteiger partial charge >= 0.3 is 0 Å². The molecule has 1 fully saturated rings. The number of hydrogen-bond donors (Lipinski definition) is 0. The van der Waals surface area contributed by atoms with Gasteiger partial charge in [0.1, 0.15) is 6.10 Å². The smallest absolute Gasteiger partial charge is 0.164 e. The summed E-state index contributed by atoms with van der Waals surface area (Å²) in [4.78, 5) is 11.8. The minimum atomic E-state index is -0.0973. The summed E-state index contributed by atoms with van der Waals surface area (Å²) in [6.45, 7) is 6.66. The average molecular weight is 184 g/mol. The van der Waals surface area contributed by atoms with E-state index >= 15 is 0 Å². The molecule has 2 nitrogen and oxygen atoms in total. The minimum absolute atomic E-state index is 0.0973. The van der Waals surface area contributed by atoms with Crippen LogP contribution < -0.4 is 0 Å². The fraction of sp³-hybridized carbons (Fsp3) is 0.909.